The smallest absolute Gasteiger partial charge is 0.329 e. The van der Waals surface area contributed by atoms with Gasteiger partial charge in [-0.25, -0.2) is 9.59 Å². The van der Waals surface area contributed by atoms with Crippen LogP contribution in [0.3, 0.4) is 0 Å². The van der Waals surface area contributed by atoms with Crippen molar-refractivity contribution < 1.29 is 14.7 Å². The van der Waals surface area contributed by atoms with Crippen LogP contribution in [-0.4, -0.2) is 22.6 Å². The summed E-state index contributed by atoms with van der Waals surface area (Å²) in [6, 6.07) is 6.37. The van der Waals surface area contributed by atoms with Gasteiger partial charge in [-0.3, -0.25) is 0 Å². The highest BCUT2D eigenvalue weighted by atomic mass is 35.5. The quantitative estimate of drug-likeness (QED) is 0.753. The summed E-state index contributed by atoms with van der Waals surface area (Å²) < 4.78 is 0. The summed E-state index contributed by atoms with van der Waals surface area (Å²) in [6.45, 7) is 5.18. The van der Waals surface area contributed by atoms with Gasteiger partial charge in [-0.1, -0.05) is 37.1 Å². The van der Waals surface area contributed by atoms with Crippen molar-refractivity contribution >= 4 is 23.6 Å². The first-order valence-corrected chi connectivity index (χ1v) is 7.24. The molecule has 0 aliphatic carbocycles. The minimum absolute atomic E-state index is 0.275. The van der Waals surface area contributed by atoms with E-state index in [4.69, 9.17) is 11.6 Å². The average Bonchev–Trinajstić information content (AvgIpc) is 2.38. The fourth-order valence-electron chi connectivity index (χ4n) is 2.07. The van der Waals surface area contributed by atoms with Crippen LogP contribution in [0.15, 0.2) is 24.3 Å². The topological polar surface area (TPSA) is 78.4 Å². The van der Waals surface area contributed by atoms with Gasteiger partial charge in [-0.05, 0) is 38.0 Å². The molecule has 6 heteroatoms. The number of urea groups is 1. The third-order valence-corrected chi connectivity index (χ3v) is 3.54. The van der Waals surface area contributed by atoms with Crippen LogP contribution in [0.1, 0.15) is 45.2 Å². The Kier molecular flexibility index (Phi) is 6.03. The van der Waals surface area contributed by atoms with Crippen LogP contribution < -0.4 is 10.6 Å². The van der Waals surface area contributed by atoms with E-state index in [0.717, 1.165) is 5.56 Å². The molecule has 2 amide bonds. The molecule has 0 aliphatic rings. The maximum Gasteiger partial charge on any atom is 0.329 e. The Morgan fingerprint density at radius 1 is 1.43 bits per heavy atom. The Bertz CT molecular complexity index is 521. The zero-order valence-electron chi connectivity index (χ0n) is 12.4. The molecule has 0 radical (unpaired) electrons. The average molecular weight is 313 g/mol. The molecular formula is C15H21ClN2O3. The number of hydrogen-bond donors (Lipinski definition) is 3. The first kappa shape index (κ1) is 17.3. The minimum atomic E-state index is -1.27. The van der Waals surface area contributed by atoms with Gasteiger partial charge in [-0.2, -0.15) is 0 Å². The molecule has 1 rings (SSSR count). The van der Waals surface area contributed by atoms with E-state index in [-0.39, 0.29) is 6.04 Å². The zero-order chi connectivity index (χ0) is 16.0. The largest absolute Gasteiger partial charge is 0.480 e. The first-order valence-electron chi connectivity index (χ1n) is 6.86. The molecule has 0 fully saturated rings. The Morgan fingerprint density at radius 3 is 2.62 bits per heavy atom. The number of amides is 2. The summed E-state index contributed by atoms with van der Waals surface area (Å²) in [6.07, 6.45) is 1.02. The Labute approximate surface area is 129 Å². The second kappa shape index (κ2) is 7.31. The summed E-state index contributed by atoms with van der Waals surface area (Å²) in [5, 5.41) is 15.1. The second-order valence-electron chi connectivity index (χ2n) is 5.26. The molecule has 0 saturated heterocycles. The van der Waals surface area contributed by atoms with Gasteiger partial charge in [0, 0.05) is 5.02 Å². The Morgan fingerprint density at radius 2 is 2.10 bits per heavy atom. The molecule has 1 aromatic carbocycles. The van der Waals surface area contributed by atoms with Crippen molar-refractivity contribution in [2.24, 2.45) is 0 Å². The number of carboxylic acid groups (broad SMARTS) is 1. The van der Waals surface area contributed by atoms with Gasteiger partial charge >= 0.3 is 12.0 Å². The fourth-order valence-corrected chi connectivity index (χ4v) is 2.26. The van der Waals surface area contributed by atoms with Crippen LogP contribution in [0.4, 0.5) is 4.79 Å². The molecule has 0 aliphatic heterocycles. The van der Waals surface area contributed by atoms with Crippen molar-refractivity contribution in [3.63, 3.8) is 0 Å². The lowest BCUT2D eigenvalue weighted by Crippen LogP contribution is -2.55. The van der Waals surface area contributed by atoms with Gasteiger partial charge in [-0.15, -0.1) is 0 Å². The van der Waals surface area contributed by atoms with Crippen LogP contribution >= 0.6 is 11.6 Å². The molecule has 1 aromatic rings. The molecule has 0 aromatic heterocycles. The summed E-state index contributed by atoms with van der Waals surface area (Å²) in [5.41, 5.74) is -0.419. The molecule has 3 N–H and O–H groups in total. The van der Waals surface area contributed by atoms with Crippen LogP contribution in [0.5, 0.6) is 0 Å². The van der Waals surface area contributed by atoms with Gasteiger partial charge in [0.25, 0.3) is 0 Å². The van der Waals surface area contributed by atoms with Crippen LogP contribution in [0, 0.1) is 0 Å². The highest BCUT2D eigenvalue weighted by Crippen LogP contribution is 2.18. The third-order valence-electron chi connectivity index (χ3n) is 3.31. The highest BCUT2D eigenvalue weighted by Gasteiger charge is 2.34. The van der Waals surface area contributed by atoms with Crippen LogP contribution in [-0.2, 0) is 4.79 Å². The Hall–Kier alpha value is -1.75. The van der Waals surface area contributed by atoms with E-state index >= 15 is 0 Å². The minimum Gasteiger partial charge on any atom is -0.480 e. The van der Waals surface area contributed by atoms with Crippen molar-refractivity contribution in [2.45, 2.75) is 45.2 Å². The molecule has 0 heterocycles. The molecular weight excluding hydrogens is 292 g/mol. The molecule has 2 atom stereocenters. The van der Waals surface area contributed by atoms with Gasteiger partial charge < -0.3 is 15.7 Å². The standard InChI is InChI=1S/C15H21ClN2O3/c1-4-8-15(3,13(19)20)18-14(21)17-10(2)11-6-5-7-12(16)9-11/h5-7,9-10H,4,8H2,1-3H3,(H,19,20)(H2,17,18,21). The summed E-state index contributed by atoms with van der Waals surface area (Å²) in [4.78, 5) is 23.3. The molecule has 116 valence electrons. The SMILES string of the molecule is CCCC(C)(NC(=O)NC(C)c1cccc(Cl)c1)C(=O)O. The number of hydrogen-bond acceptors (Lipinski definition) is 2. The van der Waals surface area contributed by atoms with E-state index in [2.05, 4.69) is 10.6 Å². The molecule has 21 heavy (non-hydrogen) atoms. The Balaban J connectivity index is 2.70. The van der Waals surface area contributed by atoms with Crippen LogP contribution in [0.2, 0.25) is 5.02 Å². The van der Waals surface area contributed by atoms with Crippen molar-refractivity contribution in [2.75, 3.05) is 0 Å². The zero-order valence-corrected chi connectivity index (χ0v) is 13.2. The van der Waals surface area contributed by atoms with E-state index in [0.29, 0.717) is 17.9 Å². The van der Waals surface area contributed by atoms with Gasteiger partial charge in [0.15, 0.2) is 0 Å². The predicted octanol–water partition coefficient (Wildman–Crippen LogP) is 3.34. The maximum atomic E-state index is 12.0. The number of aliphatic carboxylic acids is 1. The lowest BCUT2D eigenvalue weighted by molar-refractivity contribution is -0.144. The van der Waals surface area contributed by atoms with E-state index in [1.54, 1.807) is 18.2 Å². The van der Waals surface area contributed by atoms with Gasteiger partial charge in [0.2, 0.25) is 0 Å². The van der Waals surface area contributed by atoms with Crippen molar-refractivity contribution in [3.05, 3.63) is 34.9 Å². The van der Waals surface area contributed by atoms with Gasteiger partial charge in [0.1, 0.15) is 5.54 Å². The fraction of sp³-hybridized carbons (Fsp3) is 0.467. The lowest BCUT2D eigenvalue weighted by atomic mass is 9.96. The van der Waals surface area contributed by atoms with Crippen molar-refractivity contribution in [3.8, 4) is 0 Å². The number of carbonyl (C=O) groups excluding carboxylic acids is 1. The molecule has 0 bridgehead atoms. The van der Waals surface area contributed by atoms with Gasteiger partial charge in [0.05, 0.1) is 6.04 Å². The van der Waals surface area contributed by atoms with E-state index in [9.17, 15) is 14.7 Å². The van der Waals surface area contributed by atoms with Crippen LogP contribution in [0.25, 0.3) is 0 Å². The monoisotopic (exact) mass is 312 g/mol. The summed E-state index contributed by atoms with van der Waals surface area (Å²) in [7, 11) is 0. The lowest BCUT2D eigenvalue weighted by Gasteiger charge is -2.27. The summed E-state index contributed by atoms with van der Waals surface area (Å²) >= 11 is 5.91. The first-order chi connectivity index (χ1) is 9.78. The van der Waals surface area contributed by atoms with Crippen molar-refractivity contribution in [1.82, 2.24) is 10.6 Å². The number of halogens is 1. The molecule has 0 saturated carbocycles. The van der Waals surface area contributed by atoms with Crippen molar-refractivity contribution in [1.29, 1.82) is 0 Å². The third kappa shape index (κ3) is 4.93. The normalized spacial score (nSPS) is 14.9. The number of nitrogens with one attached hydrogen (secondary N) is 2. The second-order valence-corrected chi connectivity index (χ2v) is 5.70. The molecule has 5 nitrogen and oxygen atoms in total. The number of carboxylic acids is 1. The van der Waals surface area contributed by atoms with E-state index in [1.165, 1.54) is 6.92 Å². The summed E-state index contributed by atoms with van der Waals surface area (Å²) in [5.74, 6) is -1.05. The maximum absolute atomic E-state index is 12.0. The molecule has 2 unspecified atom stereocenters. The van der Waals surface area contributed by atoms with E-state index < -0.39 is 17.5 Å². The highest BCUT2D eigenvalue weighted by molar-refractivity contribution is 6.30. The van der Waals surface area contributed by atoms with E-state index in [1.807, 2.05) is 19.9 Å². The number of benzene rings is 1. The number of rotatable bonds is 6. The number of carbonyl (C=O) groups is 2. The predicted molar refractivity (Wildman–Crippen MR) is 82.5 cm³/mol. The molecule has 0 spiro atoms.